The molecule has 2 unspecified atom stereocenters. The summed E-state index contributed by atoms with van der Waals surface area (Å²) < 4.78 is 5.50. The van der Waals surface area contributed by atoms with Crippen molar-refractivity contribution in [1.82, 2.24) is 5.32 Å². The molecule has 0 radical (unpaired) electrons. The summed E-state index contributed by atoms with van der Waals surface area (Å²) in [6, 6.07) is 31.1. The molecule has 1 N–H and O–H groups in total. The van der Waals surface area contributed by atoms with E-state index in [4.69, 9.17) is 4.74 Å². The summed E-state index contributed by atoms with van der Waals surface area (Å²) in [5.74, 6) is 0.123. The van der Waals surface area contributed by atoms with Crippen molar-refractivity contribution in [3.8, 4) is 0 Å². The molecule has 0 saturated carbocycles. The van der Waals surface area contributed by atoms with E-state index in [1.165, 1.54) is 11.1 Å². The Morgan fingerprint density at radius 3 is 1.94 bits per heavy atom. The molecule has 3 aromatic rings. The number of aryl methyl sites for hydroxylation is 1. The highest BCUT2D eigenvalue weighted by Gasteiger charge is 2.28. The first kappa shape index (κ1) is 22.8. The fourth-order valence-corrected chi connectivity index (χ4v) is 4.10. The molecular weight excluding hydrogens is 382 g/mol. The summed E-state index contributed by atoms with van der Waals surface area (Å²) >= 11 is 0. The predicted octanol–water partition coefficient (Wildman–Crippen LogP) is 5.45. The zero-order valence-corrected chi connectivity index (χ0v) is 18.4. The molecule has 3 rings (SSSR count). The summed E-state index contributed by atoms with van der Waals surface area (Å²) in [6.07, 6.45) is 3.93. The van der Waals surface area contributed by atoms with Crippen molar-refractivity contribution in [2.75, 3.05) is 13.7 Å². The molecule has 2 atom stereocenters. The van der Waals surface area contributed by atoms with Gasteiger partial charge in [0.2, 0.25) is 5.91 Å². The van der Waals surface area contributed by atoms with E-state index in [0.29, 0.717) is 13.2 Å². The van der Waals surface area contributed by atoms with Gasteiger partial charge in [-0.15, -0.1) is 0 Å². The van der Waals surface area contributed by atoms with Crippen molar-refractivity contribution >= 4 is 5.91 Å². The second kappa shape index (κ2) is 12.7. The summed E-state index contributed by atoms with van der Waals surface area (Å²) in [5, 5.41) is 3.14. The lowest BCUT2D eigenvalue weighted by Crippen LogP contribution is -2.38. The van der Waals surface area contributed by atoms with Crippen molar-refractivity contribution in [3.63, 3.8) is 0 Å². The third-order valence-electron chi connectivity index (χ3n) is 5.79. The number of hydrogen-bond donors (Lipinski definition) is 1. The molecule has 0 aliphatic carbocycles. The minimum atomic E-state index is -0.176. The zero-order chi connectivity index (χ0) is 21.7. The molecule has 0 aromatic heterocycles. The topological polar surface area (TPSA) is 38.3 Å². The number of amides is 1. The van der Waals surface area contributed by atoms with Crippen LogP contribution in [-0.4, -0.2) is 19.6 Å². The maximum atomic E-state index is 13.2. The minimum Gasteiger partial charge on any atom is -0.384 e. The average Bonchev–Trinajstić information content (AvgIpc) is 2.82. The number of ether oxygens (including phenoxy) is 1. The largest absolute Gasteiger partial charge is 0.384 e. The summed E-state index contributed by atoms with van der Waals surface area (Å²) in [5.41, 5.74) is 3.72. The van der Waals surface area contributed by atoms with Gasteiger partial charge in [0.1, 0.15) is 0 Å². The monoisotopic (exact) mass is 415 g/mol. The highest BCUT2D eigenvalue weighted by Crippen LogP contribution is 2.25. The van der Waals surface area contributed by atoms with Gasteiger partial charge in [-0.25, -0.2) is 0 Å². The van der Waals surface area contributed by atoms with Gasteiger partial charge in [0.25, 0.3) is 0 Å². The number of carbonyl (C=O) groups excluding carboxylic acids is 1. The van der Waals surface area contributed by atoms with E-state index in [1.807, 2.05) is 42.5 Å². The summed E-state index contributed by atoms with van der Waals surface area (Å²) in [4.78, 5) is 13.2. The lowest BCUT2D eigenvalue weighted by atomic mass is 9.82. The molecule has 0 bridgehead atoms. The molecule has 0 spiro atoms. The highest BCUT2D eigenvalue weighted by molar-refractivity contribution is 5.79. The molecule has 3 aromatic carbocycles. The van der Waals surface area contributed by atoms with E-state index in [0.717, 1.165) is 31.2 Å². The summed E-state index contributed by atoms with van der Waals surface area (Å²) in [6.45, 7) is 0.978. The first-order valence-corrected chi connectivity index (χ1v) is 11.1. The van der Waals surface area contributed by atoms with Crippen LogP contribution < -0.4 is 5.32 Å². The van der Waals surface area contributed by atoms with Gasteiger partial charge in [0.05, 0.1) is 12.5 Å². The molecular formula is C28H33NO2. The van der Waals surface area contributed by atoms with Crippen molar-refractivity contribution in [2.45, 2.75) is 32.2 Å². The molecule has 3 nitrogen and oxygen atoms in total. The van der Waals surface area contributed by atoms with Crippen LogP contribution in [0.15, 0.2) is 91.0 Å². The Bertz CT molecular complexity index is 881. The quantitative estimate of drug-likeness (QED) is 0.427. The van der Waals surface area contributed by atoms with Crippen LogP contribution in [0.4, 0.5) is 0 Å². The molecule has 162 valence electrons. The van der Waals surface area contributed by atoms with Gasteiger partial charge < -0.3 is 10.1 Å². The van der Waals surface area contributed by atoms with Crippen LogP contribution in [0.2, 0.25) is 0 Å². The maximum absolute atomic E-state index is 13.2. The average molecular weight is 416 g/mol. The third-order valence-corrected chi connectivity index (χ3v) is 5.79. The van der Waals surface area contributed by atoms with Crippen molar-refractivity contribution in [2.24, 2.45) is 11.8 Å². The molecule has 0 heterocycles. The molecule has 0 aliphatic heterocycles. The Morgan fingerprint density at radius 1 is 0.806 bits per heavy atom. The van der Waals surface area contributed by atoms with Crippen molar-refractivity contribution in [3.05, 3.63) is 108 Å². The SMILES string of the molecule is COCC(C(=O)NCc1ccccc1)C(CCCc1ccccc1)Cc1ccccc1. The number of methoxy groups -OCH3 is 1. The van der Waals surface area contributed by atoms with E-state index >= 15 is 0 Å². The number of nitrogens with one attached hydrogen (secondary N) is 1. The fraction of sp³-hybridized carbons (Fsp3) is 0.321. The number of carbonyl (C=O) groups is 1. The fourth-order valence-electron chi connectivity index (χ4n) is 4.10. The smallest absolute Gasteiger partial charge is 0.225 e. The van der Waals surface area contributed by atoms with Gasteiger partial charge in [0.15, 0.2) is 0 Å². The van der Waals surface area contributed by atoms with E-state index in [1.54, 1.807) is 7.11 Å². The second-order valence-electron chi connectivity index (χ2n) is 8.09. The van der Waals surface area contributed by atoms with Crippen LogP contribution in [0.1, 0.15) is 29.5 Å². The van der Waals surface area contributed by atoms with E-state index in [-0.39, 0.29) is 17.7 Å². The van der Waals surface area contributed by atoms with E-state index in [2.05, 4.69) is 53.8 Å². The van der Waals surface area contributed by atoms with Crippen LogP contribution in [0.5, 0.6) is 0 Å². The standard InChI is InChI=1S/C28H33NO2/c1-31-22-27(28(30)29-21-25-16-9-4-10-17-25)26(20-24-14-7-3-8-15-24)19-11-18-23-12-5-2-6-13-23/h2-10,12-17,26-27H,11,18-22H2,1H3,(H,29,30). The van der Waals surface area contributed by atoms with Gasteiger partial charge in [-0.05, 0) is 48.3 Å². The Hall–Kier alpha value is -2.91. The molecule has 0 aliphatic rings. The number of hydrogen-bond acceptors (Lipinski definition) is 2. The van der Waals surface area contributed by atoms with E-state index < -0.39 is 0 Å². The molecule has 1 amide bonds. The van der Waals surface area contributed by atoms with Gasteiger partial charge in [-0.2, -0.15) is 0 Å². The van der Waals surface area contributed by atoms with Gasteiger partial charge in [-0.3, -0.25) is 4.79 Å². The van der Waals surface area contributed by atoms with Crippen LogP contribution in [0.3, 0.4) is 0 Å². The van der Waals surface area contributed by atoms with E-state index in [9.17, 15) is 4.79 Å². The maximum Gasteiger partial charge on any atom is 0.225 e. The lowest BCUT2D eigenvalue weighted by molar-refractivity contribution is -0.129. The van der Waals surface area contributed by atoms with Crippen molar-refractivity contribution < 1.29 is 9.53 Å². The Balaban J connectivity index is 1.68. The first-order valence-electron chi connectivity index (χ1n) is 11.1. The van der Waals surface area contributed by atoms with Crippen LogP contribution in [0.25, 0.3) is 0 Å². The first-order chi connectivity index (χ1) is 15.3. The number of benzene rings is 3. The summed E-state index contributed by atoms with van der Waals surface area (Å²) in [7, 11) is 1.68. The van der Waals surface area contributed by atoms with Crippen LogP contribution in [0, 0.1) is 11.8 Å². The molecule has 3 heteroatoms. The Labute approximate surface area is 186 Å². The van der Waals surface area contributed by atoms with Crippen LogP contribution in [-0.2, 0) is 28.9 Å². The van der Waals surface area contributed by atoms with Crippen LogP contribution >= 0.6 is 0 Å². The number of rotatable bonds is 12. The third kappa shape index (κ3) is 7.69. The highest BCUT2D eigenvalue weighted by atomic mass is 16.5. The minimum absolute atomic E-state index is 0.0753. The van der Waals surface area contributed by atoms with Gasteiger partial charge in [-0.1, -0.05) is 91.0 Å². The van der Waals surface area contributed by atoms with Gasteiger partial charge in [0, 0.05) is 13.7 Å². The zero-order valence-electron chi connectivity index (χ0n) is 18.4. The Morgan fingerprint density at radius 2 is 1.35 bits per heavy atom. The molecule has 0 fully saturated rings. The normalized spacial score (nSPS) is 12.8. The second-order valence-corrected chi connectivity index (χ2v) is 8.09. The molecule has 31 heavy (non-hydrogen) atoms. The van der Waals surface area contributed by atoms with Crippen molar-refractivity contribution in [1.29, 1.82) is 0 Å². The predicted molar refractivity (Wildman–Crippen MR) is 127 cm³/mol. The Kier molecular flexibility index (Phi) is 9.33. The lowest BCUT2D eigenvalue weighted by Gasteiger charge is -2.26. The molecule has 0 saturated heterocycles. The van der Waals surface area contributed by atoms with Gasteiger partial charge >= 0.3 is 0 Å².